The topological polar surface area (TPSA) is 88.4 Å². The highest BCUT2D eigenvalue weighted by atomic mass is 79.9. The fourth-order valence-corrected chi connectivity index (χ4v) is 4.01. The minimum Gasteiger partial charge on any atom is -0.478 e. The molecule has 0 saturated heterocycles. The van der Waals surface area contributed by atoms with Gasteiger partial charge in [-0.1, -0.05) is 27.5 Å². The van der Waals surface area contributed by atoms with Crippen LogP contribution in [0.15, 0.2) is 35.1 Å². The highest BCUT2D eigenvalue weighted by Gasteiger charge is 2.22. The zero-order valence-electron chi connectivity index (χ0n) is 17.9. The number of alkyl halides is 1. The molecule has 0 radical (unpaired) electrons. The molecule has 11 heteroatoms. The van der Waals surface area contributed by atoms with Gasteiger partial charge in [0.15, 0.2) is 5.82 Å². The Morgan fingerprint density at radius 2 is 2.12 bits per heavy atom. The maximum absolute atomic E-state index is 15.1. The molecule has 2 aromatic carbocycles. The fraction of sp³-hybridized carbons (Fsp3) is 0.364. The number of nitrogens with zero attached hydrogens (tertiary/aromatic N) is 2. The lowest BCUT2D eigenvalue weighted by Gasteiger charge is -2.13. The number of aromatic nitrogens is 2. The first kappa shape index (κ1) is 25.7. The van der Waals surface area contributed by atoms with E-state index >= 15 is 4.39 Å². The van der Waals surface area contributed by atoms with E-state index in [2.05, 4.69) is 36.5 Å². The molecule has 1 heterocycles. The van der Waals surface area contributed by atoms with Gasteiger partial charge in [-0.2, -0.15) is 5.48 Å². The molecule has 0 aliphatic heterocycles. The minimum absolute atomic E-state index is 0.0987. The summed E-state index contributed by atoms with van der Waals surface area (Å²) in [7, 11) is 1.65. The van der Waals surface area contributed by atoms with Crippen LogP contribution in [-0.2, 0) is 11.4 Å². The van der Waals surface area contributed by atoms with E-state index < -0.39 is 11.8 Å². The average molecular weight is 562 g/mol. The molecule has 0 bridgehead atoms. The second kappa shape index (κ2) is 12.0. The third-order valence-electron chi connectivity index (χ3n) is 4.92. The van der Waals surface area contributed by atoms with Gasteiger partial charge in [0.05, 0.1) is 40.9 Å². The summed E-state index contributed by atoms with van der Waals surface area (Å²) in [6, 6.07) is 7.08. The number of rotatable bonds is 9. The van der Waals surface area contributed by atoms with Crippen LogP contribution < -0.4 is 10.8 Å². The molecule has 7 nitrogen and oxygen atoms in total. The summed E-state index contributed by atoms with van der Waals surface area (Å²) in [6.45, 7) is 0.576. The van der Waals surface area contributed by atoms with Crippen molar-refractivity contribution in [2.75, 3.05) is 18.3 Å². The van der Waals surface area contributed by atoms with Crippen molar-refractivity contribution in [3.8, 4) is 0 Å². The molecule has 1 aliphatic rings. The number of carbonyl (C=O) groups is 1. The van der Waals surface area contributed by atoms with Crippen LogP contribution in [0.2, 0.25) is 5.02 Å². The van der Waals surface area contributed by atoms with Crippen molar-refractivity contribution < 1.29 is 19.1 Å². The Labute approximate surface area is 209 Å². The number of unbranched alkanes of at least 4 members (excludes halogenated alkanes) is 1. The number of nitrogens with one attached hydrogen (secondary N) is 2. The smallest absolute Gasteiger partial charge is 0.338 e. The first-order valence-electron chi connectivity index (χ1n) is 10.3. The number of hydroxylamine groups is 1. The Kier molecular flexibility index (Phi) is 9.34. The van der Waals surface area contributed by atoms with Gasteiger partial charge in [-0.25, -0.2) is 14.2 Å². The monoisotopic (exact) mass is 560 g/mol. The van der Waals surface area contributed by atoms with Crippen LogP contribution in [0.25, 0.3) is 11.0 Å². The summed E-state index contributed by atoms with van der Waals surface area (Å²) >= 11 is 15.1. The molecule has 0 amide bonds. The van der Waals surface area contributed by atoms with Crippen molar-refractivity contribution in [2.45, 2.75) is 38.3 Å². The summed E-state index contributed by atoms with van der Waals surface area (Å²) in [5.74, 6) is -1.45. The Morgan fingerprint density at radius 1 is 1.36 bits per heavy atom. The highest BCUT2D eigenvalue weighted by Crippen LogP contribution is 2.34. The number of benzene rings is 2. The van der Waals surface area contributed by atoms with Crippen molar-refractivity contribution in [2.24, 2.45) is 0 Å². The quantitative estimate of drug-likeness (QED) is 0.160. The van der Waals surface area contributed by atoms with Crippen LogP contribution in [0.4, 0.5) is 15.8 Å². The Hall–Kier alpha value is -1.91. The highest BCUT2D eigenvalue weighted by molar-refractivity contribution is 9.10. The van der Waals surface area contributed by atoms with Gasteiger partial charge in [-0.05, 0) is 49.9 Å². The molecule has 0 spiro atoms. The van der Waals surface area contributed by atoms with Crippen molar-refractivity contribution >= 4 is 67.5 Å². The number of carboxylic acids is 1. The molecule has 33 heavy (non-hydrogen) atoms. The van der Waals surface area contributed by atoms with Crippen LogP contribution >= 0.6 is 39.1 Å². The fourth-order valence-electron chi connectivity index (χ4n) is 3.10. The number of aryl methyl sites for hydroxylation is 1. The van der Waals surface area contributed by atoms with E-state index in [9.17, 15) is 9.90 Å². The van der Waals surface area contributed by atoms with Crippen molar-refractivity contribution in [1.82, 2.24) is 15.0 Å². The van der Waals surface area contributed by atoms with E-state index in [1.165, 1.54) is 25.2 Å². The summed E-state index contributed by atoms with van der Waals surface area (Å²) < 4.78 is 17.6. The van der Waals surface area contributed by atoms with E-state index in [1.54, 1.807) is 29.9 Å². The number of hydrogen-bond acceptors (Lipinski definition) is 5. The van der Waals surface area contributed by atoms with Gasteiger partial charge in [0.1, 0.15) is 5.52 Å². The van der Waals surface area contributed by atoms with Gasteiger partial charge < -0.3 is 19.8 Å². The lowest BCUT2D eigenvalue weighted by atomic mass is 10.1. The predicted octanol–water partition coefficient (Wildman–Crippen LogP) is 6.35. The van der Waals surface area contributed by atoms with Crippen LogP contribution in [-0.4, -0.2) is 39.7 Å². The van der Waals surface area contributed by atoms with E-state index in [0.717, 1.165) is 17.3 Å². The van der Waals surface area contributed by atoms with Gasteiger partial charge in [-0.15, -0.1) is 11.6 Å². The summed E-state index contributed by atoms with van der Waals surface area (Å²) in [5.41, 5.74) is 3.36. The predicted molar refractivity (Wildman–Crippen MR) is 132 cm³/mol. The molecule has 3 N–H and O–H groups in total. The molecule has 1 fully saturated rings. The molecule has 4 rings (SSSR count). The molecule has 0 atom stereocenters. The first-order valence-corrected chi connectivity index (χ1v) is 12.0. The summed E-state index contributed by atoms with van der Waals surface area (Å²) in [6.07, 6.45) is 5.66. The van der Waals surface area contributed by atoms with Gasteiger partial charge >= 0.3 is 5.97 Å². The van der Waals surface area contributed by atoms with Gasteiger partial charge in [0.25, 0.3) is 0 Å². The van der Waals surface area contributed by atoms with Gasteiger partial charge in [0, 0.05) is 22.9 Å². The SMILES string of the molecule is CONC1CC1.O=C(O)c1cc2c(ncn2CCCCCl)c(F)c1Nc1ccc(Br)cc1Cl. The van der Waals surface area contributed by atoms with E-state index in [-0.39, 0.29) is 16.8 Å². The number of hydrogen-bond donors (Lipinski definition) is 3. The largest absolute Gasteiger partial charge is 0.478 e. The number of anilines is 2. The molecule has 1 saturated carbocycles. The van der Waals surface area contributed by atoms with Gasteiger partial charge in [0.2, 0.25) is 0 Å². The van der Waals surface area contributed by atoms with Gasteiger partial charge in [-0.3, -0.25) is 0 Å². The third-order valence-corrected chi connectivity index (χ3v) is 6.00. The molecular weight excluding hydrogens is 538 g/mol. The third kappa shape index (κ3) is 6.80. The average Bonchev–Trinajstić information content (AvgIpc) is 3.50. The number of carboxylic acid groups (broad SMARTS) is 1. The molecule has 1 aromatic heterocycles. The number of imidazole rings is 1. The van der Waals surface area contributed by atoms with Crippen molar-refractivity contribution in [3.05, 3.63) is 51.5 Å². The van der Waals surface area contributed by atoms with Crippen LogP contribution in [0.3, 0.4) is 0 Å². The maximum atomic E-state index is 15.1. The zero-order valence-corrected chi connectivity index (χ0v) is 21.0. The second-order valence-electron chi connectivity index (χ2n) is 7.47. The van der Waals surface area contributed by atoms with Crippen molar-refractivity contribution in [1.29, 1.82) is 0 Å². The second-order valence-corrected chi connectivity index (χ2v) is 9.17. The number of halogens is 4. The minimum atomic E-state index is -1.25. The first-order chi connectivity index (χ1) is 15.8. The van der Waals surface area contributed by atoms with Crippen LogP contribution in [0, 0.1) is 5.82 Å². The van der Waals surface area contributed by atoms with Crippen LogP contribution in [0.1, 0.15) is 36.0 Å². The molecule has 3 aromatic rings. The number of fused-ring (bicyclic) bond motifs is 1. The summed E-state index contributed by atoms with van der Waals surface area (Å²) in [4.78, 5) is 20.5. The summed E-state index contributed by atoms with van der Waals surface area (Å²) in [5, 5.41) is 12.7. The molecule has 0 unspecified atom stereocenters. The molecule has 1 aliphatic carbocycles. The lowest BCUT2D eigenvalue weighted by molar-refractivity contribution is 0.0697. The van der Waals surface area contributed by atoms with Crippen LogP contribution in [0.5, 0.6) is 0 Å². The van der Waals surface area contributed by atoms with E-state index in [1.807, 2.05) is 0 Å². The maximum Gasteiger partial charge on any atom is 0.338 e. The van der Waals surface area contributed by atoms with E-state index in [0.29, 0.717) is 34.7 Å². The zero-order chi connectivity index (χ0) is 24.0. The molecule has 178 valence electrons. The number of aromatic carboxylic acids is 1. The standard InChI is InChI=1S/C18H15BrCl2FN3O2.C4H9NO/c19-10-3-4-13(12(21)7-10)24-16-11(18(26)27)8-14-17(15(16)22)23-9-25(14)6-2-1-5-20;1-6-5-4-2-3-4/h3-4,7-9,24H,1-2,5-6H2,(H,26,27);4-5H,2-3H2,1H3. The Balaban J connectivity index is 0.000000442. The molecular formula is C22H24BrCl2FN4O3. The van der Waals surface area contributed by atoms with Crippen molar-refractivity contribution in [3.63, 3.8) is 0 Å². The Bertz CT molecular complexity index is 1120. The Morgan fingerprint density at radius 3 is 2.70 bits per heavy atom. The van der Waals surface area contributed by atoms with E-state index in [4.69, 9.17) is 23.2 Å². The normalized spacial score (nSPS) is 13.0. The lowest BCUT2D eigenvalue weighted by Crippen LogP contribution is -2.12.